The van der Waals surface area contributed by atoms with E-state index in [1.165, 1.54) is 13.2 Å². The standard InChI is InChI=1S/C22H33FN4O2.HI/c1-16-13-27(15-19(16)21(28)29-3)22(24-2)25-12-17-8-10-26(11-9-17)14-18-6-4-5-7-20(18)23;/h4-7,16-17,19H,8-15H2,1-3H3,(H,24,25);1H. The molecule has 0 spiro atoms. The van der Waals surface area contributed by atoms with E-state index in [-0.39, 0.29) is 47.6 Å². The summed E-state index contributed by atoms with van der Waals surface area (Å²) in [6.45, 7) is 7.03. The Morgan fingerprint density at radius 3 is 2.60 bits per heavy atom. The SMILES string of the molecule is CN=C(NCC1CCN(Cc2ccccc2F)CC1)N1CC(C)C(C(=O)OC)C1.I. The molecule has 0 aromatic heterocycles. The van der Waals surface area contributed by atoms with E-state index in [9.17, 15) is 9.18 Å². The van der Waals surface area contributed by atoms with Crippen LogP contribution in [0.4, 0.5) is 4.39 Å². The Hall–Kier alpha value is -1.42. The molecule has 2 aliphatic heterocycles. The summed E-state index contributed by atoms with van der Waals surface area (Å²) in [5.41, 5.74) is 0.771. The summed E-state index contributed by atoms with van der Waals surface area (Å²) in [5, 5.41) is 3.50. The van der Waals surface area contributed by atoms with Crippen molar-refractivity contribution in [3.05, 3.63) is 35.6 Å². The van der Waals surface area contributed by atoms with Crippen LogP contribution in [0.25, 0.3) is 0 Å². The molecule has 0 aliphatic carbocycles. The molecule has 0 saturated carbocycles. The zero-order valence-electron chi connectivity index (χ0n) is 18.1. The molecule has 1 aromatic carbocycles. The molecule has 3 rings (SSSR count). The molecule has 0 bridgehead atoms. The molecule has 0 amide bonds. The van der Waals surface area contributed by atoms with Gasteiger partial charge in [0, 0.05) is 38.8 Å². The van der Waals surface area contributed by atoms with Crippen LogP contribution in [0.15, 0.2) is 29.3 Å². The average Bonchev–Trinajstić information content (AvgIpc) is 3.12. The monoisotopic (exact) mass is 532 g/mol. The van der Waals surface area contributed by atoms with Gasteiger partial charge in [0.2, 0.25) is 0 Å². The number of benzene rings is 1. The van der Waals surface area contributed by atoms with Gasteiger partial charge in [-0.05, 0) is 43.8 Å². The highest BCUT2D eigenvalue weighted by molar-refractivity contribution is 14.0. The van der Waals surface area contributed by atoms with Crippen molar-refractivity contribution < 1.29 is 13.9 Å². The summed E-state index contributed by atoms with van der Waals surface area (Å²) in [6, 6.07) is 7.02. The number of piperidine rings is 1. The zero-order valence-corrected chi connectivity index (χ0v) is 20.5. The first-order valence-corrected chi connectivity index (χ1v) is 10.5. The van der Waals surface area contributed by atoms with Gasteiger partial charge in [0.05, 0.1) is 13.0 Å². The fourth-order valence-electron chi connectivity index (χ4n) is 4.38. The number of carbonyl (C=O) groups excluding carboxylic acids is 1. The Labute approximate surface area is 196 Å². The second kappa shape index (κ2) is 11.8. The predicted octanol–water partition coefficient (Wildman–Crippen LogP) is 2.97. The number of methoxy groups -OCH3 is 1. The smallest absolute Gasteiger partial charge is 0.310 e. The molecule has 2 heterocycles. The molecule has 0 radical (unpaired) electrons. The summed E-state index contributed by atoms with van der Waals surface area (Å²) < 4.78 is 18.8. The quantitative estimate of drug-likeness (QED) is 0.274. The molecule has 2 aliphatic rings. The van der Waals surface area contributed by atoms with E-state index >= 15 is 0 Å². The Bertz CT molecular complexity index is 725. The molecule has 2 atom stereocenters. The van der Waals surface area contributed by atoms with Crippen LogP contribution in [-0.2, 0) is 16.1 Å². The number of ether oxygens (including phenoxy) is 1. The normalized spacial score (nSPS) is 23.2. The van der Waals surface area contributed by atoms with Crippen LogP contribution in [0, 0.1) is 23.6 Å². The Kier molecular flexibility index (Phi) is 9.80. The van der Waals surface area contributed by atoms with Crippen LogP contribution in [-0.4, -0.2) is 68.6 Å². The lowest BCUT2D eigenvalue weighted by Crippen LogP contribution is -2.44. The van der Waals surface area contributed by atoms with Gasteiger partial charge < -0.3 is 15.0 Å². The molecule has 2 fully saturated rings. The fraction of sp³-hybridized carbons (Fsp3) is 0.636. The van der Waals surface area contributed by atoms with Gasteiger partial charge in [0.15, 0.2) is 5.96 Å². The van der Waals surface area contributed by atoms with E-state index in [1.54, 1.807) is 13.1 Å². The summed E-state index contributed by atoms with van der Waals surface area (Å²) in [7, 11) is 3.23. The van der Waals surface area contributed by atoms with E-state index < -0.39 is 0 Å². The highest BCUT2D eigenvalue weighted by Crippen LogP contribution is 2.24. The number of carbonyl (C=O) groups is 1. The first-order chi connectivity index (χ1) is 14.0. The van der Waals surface area contributed by atoms with Gasteiger partial charge in [-0.3, -0.25) is 14.7 Å². The number of nitrogens with one attached hydrogen (secondary N) is 1. The van der Waals surface area contributed by atoms with Crippen LogP contribution in [0.3, 0.4) is 0 Å². The van der Waals surface area contributed by atoms with E-state index in [1.807, 2.05) is 12.1 Å². The van der Waals surface area contributed by atoms with Gasteiger partial charge in [0.25, 0.3) is 0 Å². The number of rotatable bonds is 5. The maximum atomic E-state index is 13.9. The van der Waals surface area contributed by atoms with Crippen molar-refractivity contribution in [2.45, 2.75) is 26.3 Å². The largest absolute Gasteiger partial charge is 0.469 e. The average molecular weight is 532 g/mol. The summed E-state index contributed by atoms with van der Waals surface area (Å²) in [5.74, 6) is 1.32. The number of hydrogen-bond donors (Lipinski definition) is 1. The lowest BCUT2D eigenvalue weighted by atomic mass is 9.96. The van der Waals surface area contributed by atoms with Crippen molar-refractivity contribution in [1.82, 2.24) is 15.1 Å². The van der Waals surface area contributed by atoms with Gasteiger partial charge in [-0.25, -0.2) is 4.39 Å². The second-order valence-corrected chi connectivity index (χ2v) is 8.25. The molecule has 2 unspecified atom stereocenters. The summed E-state index contributed by atoms with van der Waals surface area (Å²) in [4.78, 5) is 20.8. The maximum Gasteiger partial charge on any atom is 0.310 e. The molecular weight excluding hydrogens is 498 g/mol. The minimum Gasteiger partial charge on any atom is -0.469 e. The number of hydrogen-bond acceptors (Lipinski definition) is 4. The second-order valence-electron chi connectivity index (χ2n) is 8.25. The molecular formula is C22H34FIN4O2. The topological polar surface area (TPSA) is 57.2 Å². The van der Waals surface area contributed by atoms with Gasteiger partial charge >= 0.3 is 5.97 Å². The fourth-order valence-corrected chi connectivity index (χ4v) is 4.38. The Morgan fingerprint density at radius 1 is 1.27 bits per heavy atom. The van der Waals surface area contributed by atoms with Crippen LogP contribution in [0.5, 0.6) is 0 Å². The number of esters is 1. The molecule has 168 valence electrons. The van der Waals surface area contributed by atoms with Crippen molar-refractivity contribution in [2.24, 2.45) is 22.7 Å². The lowest BCUT2D eigenvalue weighted by Gasteiger charge is -2.33. The third-order valence-electron chi connectivity index (χ3n) is 6.24. The van der Waals surface area contributed by atoms with Crippen molar-refractivity contribution in [3.8, 4) is 0 Å². The molecule has 1 aromatic rings. The van der Waals surface area contributed by atoms with Gasteiger partial charge in [-0.2, -0.15) is 0 Å². The number of aliphatic imine (C=N–C) groups is 1. The molecule has 8 heteroatoms. The third-order valence-corrected chi connectivity index (χ3v) is 6.24. The predicted molar refractivity (Wildman–Crippen MR) is 127 cm³/mol. The molecule has 6 nitrogen and oxygen atoms in total. The van der Waals surface area contributed by atoms with Crippen LogP contribution in [0.2, 0.25) is 0 Å². The number of likely N-dealkylation sites (tertiary alicyclic amines) is 2. The van der Waals surface area contributed by atoms with Gasteiger partial charge in [-0.1, -0.05) is 25.1 Å². The van der Waals surface area contributed by atoms with Crippen LogP contribution in [0.1, 0.15) is 25.3 Å². The first kappa shape index (κ1) is 24.8. The number of guanidine groups is 1. The highest BCUT2D eigenvalue weighted by atomic mass is 127. The zero-order chi connectivity index (χ0) is 20.8. The minimum absolute atomic E-state index is 0. The molecule has 1 N–H and O–H groups in total. The van der Waals surface area contributed by atoms with E-state index in [0.29, 0.717) is 19.0 Å². The number of halogens is 2. The van der Waals surface area contributed by atoms with Crippen molar-refractivity contribution in [2.75, 3.05) is 46.9 Å². The lowest BCUT2D eigenvalue weighted by molar-refractivity contribution is -0.145. The van der Waals surface area contributed by atoms with E-state index in [2.05, 4.69) is 27.0 Å². The maximum absolute atomic E-state index is 13.9. The minimum atomic E-state index is -0.141. The van der Waals surface area contributed by atoms with Crippen molar-refractivity contribution in [1.29, 1.82) is 0 Å². The Morgan fingerprint density at radius 2 is 1.97 bits per heavy atom. The van der Waals surface area contributed by atoms with E-state index in [0.717, 1.165) is 50.5 Å². The molecule has 30 heavy (non-hydrogen) atoms. The van der Waals surface area contributed by atoms with Crippen molar-refractivity contribution in [3.63, 3.8) is 0 Å². The van der Waals surface area contributed by atoms with Crippen LogP contribution < -0.4 is 5.32 Å². The molecule has 2 saturated heterocycles. The highest BCUT2D eigenvalue weighted by Gasteiger charge is 2.37. The van der Waals surface area contributed by atoms with E-state index in [4.69, 9.17) is 4.74 Å². The van der Waals surface area contributed by atoms with Gasteiger partial charge in [-0.15, -0.1) is 24.0 Å². The third kappa shape index (κ3) is 6.29. The van der Waals surface area contributed by atoms with Gasteiger partial charge in [0.1, 0.15) is 5.82 Å². The Balaban J connectivity index is 0.00000320. The summed E-state index contributed by atoms with van der Waals surface area (Å²) >= 11 is 0. The van der Waals surface area contributed by atoms with Crippen LogP contribution >= 0.6 is 24.0 Å². The first-order valence-electron chi connectivity index (χ1n) is 10.5. The number of nitrogens with zero attached hydrogens (tertiary/aromatic N) is 3. The van der Waals surface area contributed by atoms with Crippen molar-refractivity contribution >= 4 is 35.9 Å². The summed E-state index contributed by atoms with van der Waals surface area (Å²) in [6.07, 6.45) is 2.17.